The first-order valence-electron chi connectivity index (χ1n) is 4.55. The molecular weight excluding hydrogens is 263 g/mol. The molecule has 17 heavy (non-hydrogen) atoms. The number of anilines is 1. The second-order valence-electron chi connectivity index (χ2n) is 3.22. The first-order chi connectivity index (χ1) is 7.18. The second kappa shape index (κ2) is 6.32. The van der Waals surface area contributed by atoms with Gasteiger partial charge in [0.15, 0.2) is 0 Å². The SMILES string of the molecule is Cc1nn(C)c(Oc2cccnc2)c1N.Cl.Cl. The highest BCUT2D eigenvalue weighted by Crippen LogP contribution is 2.28. The number of nitrogen functional groups attached to an aromatic ring is 1. The number of ether oxygens (including phenoxy) is 1. The van der Waals surface area contributed by atoms with Crippen LogP contribution in [0.15, 0.2) is 24.5 Å². The summed E-state index contributed by atoms with van der Waals surface area (Å²) in [5.74, 6) is 1.19. The number of pyridine rings is 1. The van der Waals surface area contributed by atoms with Crippen LogP contribution in [0.5, 0.6) is 11.6 Å². The van der Waals surface area contributed by atoms with Crippen LogP contribution in [0.3, 0.4) is 0 Å². The third kappa shape index (κ3) is 3.25. The Morgan fingerprint density at radius 3 is 2.53 bits per heavy atom. The Balaban J connectivity index is 0.00000128. The topological polar surface area (TPSA) is 66.0 Å². The van der Waals surface area contributed by atoms with Gasteiger partial charge in [-0.15, -0.1) is 24.8 Å². The number of halogens is 2. The third-order valence-electron chi connectivity index (χ3n) is 2.06. The Bertz CT molecular complexity index is 473. The van der Waals surface area contributed by atoms with E-state index in [1.54, 1.807) is 30.2 Å². The molecule has 0 amide bonds. The average molecular weight is 277 g/mol. The third-order valence-corrected chi connectivity index (χ3v) is 2.06. The molecular formula is C10H14Cl2N4O. The Kier molecular flexibility index (Phi) is 5.78. The van der Waals surface area contributed by atoms with Gasteiger partial charge in [0, 0.05) is 13.2 Å². The van der Waals surface area contributed by atoms with Gasteiger partial charge >= 0.3 is 0 Å². The standard InChI is InChI=1S/C10H12N4O.2ClH/c1-7-9(11)10(14(2)13-7)15-8-4-3-5-12-6-8;;/h3-6H,11H2,1-2H3;2*1H. The van der Waals surface area contributed by atoms with E-state index in [1.165, 1.54) is 0 Å². The van der Waals surface area contributed by atoms with Gasteiger partial charge in [-0.1, -0.05) is 0 Å². The molecule has 2 heterocycles. The molecule has 0 bridgehead atoms. The van der Waals surface area contributed by atoms with E-state index in [0.29, 0.717) is 17.3 Å². The van der Waals surface area contributed by atoms with Crippen molar-refractivity contribution < 1.29 is 4.74 Å². The van der Waals surface area contributed by atoms with Crippen molar-refractivity contribution in [3.05, 3.63) is 30.2 Å². The summed E-state index contributed by atoms with van der Waals surface area (Å²) in [6.07, 6.45) is 3.31. The van der Waals surface area contributed by atoms with E-state index in [9.17, 15) is 0 Å². The zero-order valence-corrected chi connectivity index (χ0v) is 11.1. The van der Waals surface area contributed by atoms with Crippen molar-refractivity contribution in [3.8, 4) is 11.6 Å². The van der Waals surface area contributed by atoms with Gasteiger partial charge < -0.3 is 10.5 Å². The fraction of sp³-hybridized carbons (Fsp3) is 0.200. The summed E-state index contributed by atoms with van der Waals surface area (Å²) in [5, 5.41) is 4.15. The van der Waals surface area contributed by atoms with Gasteiger partial charge in [-0.2, -0.15) is 5.10 Å². The lowest BCUT2D eigenvalue weighted by atomic mass is 10.4. The Hall–Kier alpha value is -1.46. The maximum Gasteiger partial charge on any atom is 0.241 e. The monoisotopic (exact) mass is 276 g/mol. The van der Waals surface area contributed by atoms with Gasteiger partial charge in [-0.25, -0.2) is 4.68 Å². The van der Waals surface area contributed by atoms with Gasteiger partial charge in [-0.05, 0) is 19.1 Å². The summed E-state index contributed by atoms with van der Waals surface area (Å²) in [7, 11) is 1.79. The fourth-order valence-electron chi connectivity index (χ4n) is 1.29. The summed E-state index contributed by atoms with van der Waals surface area (Å²) in [5.41, 5.74) is 7.14. The van der Waals surface area contributed by atoms with Crippen molar-refractivity contribution in [2.24, 2.45) is 7.05 Å². The molecule has 0 saturated heterocycles. The van der Waals surface area contributed by atoms with Crippen LogP contribution in [0, 0.1) is 6.92 Å². The molecule has 0 aliphatic carbocycles. The largest absolute Gasteiger partial charge is 0.436 e. The van der Waals surface area contributed by atoms with Gasteiger partial charge in [0.1, 0.15) is 11.4 Å². The minimum atomic E-state index is 0. The molecule has 0 spiro atoms. The highest BCUT2D eigenvalue weighted by Gasteiger charge is 2.11. The van der Waals surface area contributed by atoms with Gasteiger partial charge in [0.05, 0.1) is 11.9 Å². The summed E-state index contributed by atoms with van der Waals surface area (Å²) in [6, 6.07) is 3.61. The summed E-state index contributed by atoms with van der Waals surface area (Å²) >= 11 is 0. The van der Waals surface area contributed by atoms with E-state index < -0.39 is 0 Å². The number of nitrogens with zero attached hydrogens (tertiary/aromatic N) is 3. The van der Waals surface area contributed by atoms with Crippen molar-refractivity contribution in [2.75, 3.05) is 5.73 Å². The first kappa shape index (κ1) is 15.5. The fourth-order valence-corrected chi connectivity index (χ4v) is 1.29. The molecule has 2 N–H and O–H groups in total. The van der Waals surface area contributed by atoms with Crippen LogP contribution in [-0.4, -0.2) is 14.8 Å². The maximum atomic E-state index is 5.82. The molecule has 0 aliphatic rings. The van der Waals surface area contributed by atoms with E-state index in [1.807, 2.05) is 13.0 Å². The van der Waals surface area contributed by atoms with Crippen molar-refractivity contribution in [1.29, 1.82) is 0 Å². The van der Waals surface area contributed by atoms with Crippen molar-refractivity contribution in [2.45, 2.75) is 6.92 Å². The van der Waals surface area contributed by atoms with E-state index in [-0.39, 0.29) is 24.8 Å². The minimum Gasteiger partial charge on any atom is -0.436 e. The van der Waals surface area contributed by atoms with Crippen LogP contribution < -0.4 is 10.5 Å². The van der Waals surface area contributed by atoms with E-state index in [2.05, 4.69) is 10.1 Å². The molecule has 0 atom stereocenters. The smallest absolute Gasteiger partial charge is 0.241 e. The average Bonchev–Trinajstić information content (AvgIpc) is 2.47. The minimum absolute atomic E-state index is 0. The highest BCUT2D eigenvalue weighted by atomic mass is 35.5. The van der Waals surface area contributed by atoms with Crippen LogP contribution in [-0.2, 0) is 7.05 Å². The lowest BCUT2D eigenvalue weighted by Crippen LogP contribution is -1.97. The van der Waals surface area contributed by atoms with Gasteiger partial charge in [0.25, 0.3) is 0 Å². The lowest BCUT2D eigenvalue weighted by molar-refractivity contribution is 0.431. The molecule has 0 aromatic carbocycles. The number of rotatable bonds is 2. The molecule has 2 aromatic heterocycles. The zero-order chi connectivity index (χ0) is 10.8. The van der Waals surface area contributed by atoms with Crippen molar-refractivity contribution in [1.82, 2.24) is 14.8 Å². The molecule has 0 saturated carbocycles. The van der Waals surface area contributed by atoms with E-state index in [4.69, 9.17) is 10.5 Å². The number of hydrogen-bond acceptors (Lipinski definition) is 4. The van der Waals surface area contributed by atoms with Gasteiger partial charge in [0.2, 0.25) is 5.88 Å². The molecule has 0 radical (unpaired) electrons. The second-order valence-corrected chi connectivity index (χ2v) is 3.22. The Morgan fingerprint density at radius 1 is 1.35 bits per heavy atom. The van der Waals surface area contributed by atoms with E-state index in [0.717, 1.165) is 5.69 Å². The predicted octanol–water partition coefficient (Wildman–Crippen LogP) is 2.34. The van der Waals surface area contributed by atoms with Crippen LogP contribution in [0.25, 0.3) is 0 Å². The molecule has 0 fully saturated rings. The number of nitrogens with two attached hydrogens (primary N) is 1. The quantitative estimate of drug-likeness (QED) is 0.915. The predicted molar refractivity (Wildman–Crippen MR) is 71.2 cm³/mol. The Labute approximate surface area is 112 Å². The normalized spacial score (nSPS) is 9.06. The summed E-state index contributed by atoms with van der Waals surface area (Å²) in [6.45, 7) is 1.84. The molecule has 0 aliphatic heterocycles. The maximum absolute atomic E-state index is 5.82. The van der Waals surface area contributed by atoms with Gasteiger partial charge in [-0.3, -0.25) is 4.98 Å². The Morgan fingerprint density at radius 2 is 2.06 bits per heavy atom. The molecule has 94 valence electrons. The van der Waals surface area contributed by atoms with Crippen LogP contribution in [0.4, 0.5) is 5.69 Å². The molecule has 0 unspecified atom stereocenters. The van der Waals surface area contributed by atoms with Crippen molar-refractivity contribution in [3.63, 3.8) is 0 Å². The molecule has 7 heteroatoms. The lowest BCUT2D eigenvalue weighted by Gasteiger charge is -2.05. The molecule has 2 aromatic rings. The summed E-state index contributed by atoms with van der Waals surface area (Å²) in [4.78, 5) is 3.95. The first-order valence-corrected chi connectivity index (χ1v) is 4.55. The van der Waals surface area contributed by atoms with Crippen molar-refractivity contribution >= 4 is 30.5 Å². The number of aryl methyl sites for hydroxylation is 2. The molecule has 2 rings (SSSR count). The highest BCUT2D eigenvalue weighted by molar-refractivity contribution is 5.85. The van der Waals surface area contributed by atoms with Crippen LogP contribution in [0.2, 0.25) is 0 Å². The van der Waals surface area contributed by atoms with E-state index >= 15 is 0 Å². The van der Waals surface area contributed by atoms with Crippen LogP contribution in [0.1, 0.15) is 5.69 Å². The summed E-state index contributed by atoms with van der Waals surface area (Å²) < 4.78 is 7.18. The molecule has 5 nitrogen and oxygen atoms in total. The number of aromatic nitrogens is 3. The zero-order valence-electron chi connectivity index (χ0n) is 9.45. The van der Waals surface area contributed by atoms with Crippen LogP contribution >= 0.6 is 24.8 Å². The number of hydrogen-bond donors (Lipinski definition) is 1.